The van der Waals surface area contributed by atoms with Gasteiger partial charge in [-0.25, -0.2) is 8.42 Å². The molecule has 0 radical (unpaired) electrons. The minimum Gasteiger partial charge on any atom is -0.493 e. The second-order valence-electron chi connectivity index (χ2n) is 5.71. The number of benzene rings is 1. The van der Waals surface area contributed by atoms with E-state index in [1.54, 1.807) is 0 Å². The van der Waals surface area contributed by atoms with Crippen molar-refractivity contribution >= 4 is 15.9 Å². The van der Waals surface area contributed by atoms with Crippen LogP contribution in [0, 0.1) is 6.92 Å². The van der Waals surface area contributed by atoms with Crippen molar-refractivity contribution in [2.24, 2.45) is 0 Å². The monoisotopic (exact) mass is 341 g/mol. The fourth-order valence-electron chi connectivity index (χ4n) is 2.35. The third-order valence-corrected chi connectivity index (χ3v) is 4.92. The number of hydrogen-bond donors (Lipinski definition) is 1. The van der Waals surface area contributed by atoms with Crippen LogP contribution in [0.3, 0.4) is 0 Å². The van der Waals surface area contributed by atoms with Gasteiger partial charge in [-0.3, -0.25) is 9.52 Å². The zero-order valence-electron chi connectivity index (χ0n) is 13.3. The van der Waals surface area contributed by atoms with E-state index in [1.807, 2.05) is 31.2 Å². The first kappa shape index (κ1) is 17.7. The Balaban J connectivity index is 1.71. The van der Waals surface area contributed by atoms with Crippen LogP contribution in [0.4, 0.5) is 0 Å². The SMILES string of the molecule is Cc1ccc(OCCC(=O)NS(=O)(=O)CC2CCCCO2)cc1. The molecule has 0 saturated carbocycles. The molecule has 1 aliphatic heterocycles. The summed E-state index contributed by atoms with van der Waals surface area (Å²) in [5.41, 5.74) is 1.12. The molecule has 6 nitrogen and oxygen atoms in total. The van der Waals surface area contributed by atoms with Crippen molar-refractivity contribution in [3.05, 3.63) is 29.8 Å². The third kappa shape index (κ3) is 6.58. The molecule has 1 N–H and O–H groups in total. The Kier molecular flexibility index (Phi) is 6.41. The van der Waals surface area contributed by atoms with E-state index in [4.69, 9.17) is 9.47 Å². The lowest BCUT2D eigenvalue weighted by Crippen LogP contribution is -2.38. The Morgan fingerprint density at radius 2 is 2.04 bits per heavy atom. The molecule has 7 heteroatoms. The molecule has 1 fully saturated rings. The Bertz CT molecular complexity index is 606. The van der Waals surface area contributed by atoms with Crippen LogP contribution >= 0.6 is 0 Å². The predicted octanol–water partition coefficient (Wildman–Crippen LogP) is 1.78. The van der Waals surface area contributed by atoms with E-state index in [1.165, 1.54) is 0 Å². The molecule has 0 aromatic heterocycles. The minimum atomic E-state index is -3.66. The minimum absolute atomic E-state index is 0.0152. The van der Waals surface area contributed by atoms with Crippen LogP contribution in [0.15, 0.2) is 24.3 Å². The van der Waals surface area contributed by atoms with Gasteiger partial charge in [-0.2, -0.15) is 0 Å². The van der Waals surface area contributed by atoms with Crippen molar-refractivity contribution in [1.82, 2.24) is 4.72 Å². The van der Waals surface area contributed by atoms with Crippen molar-refractivity contribution < 1.29 is 22.7 Å². The highest BCUT2D eigenvalue weighted by Gasteiger charge is 2.23. The number of amides is 1. The summed E-state index contributed by atoms with van der Waals surface area (Å²) in [4.78, 5) is 11.7. The second-order valence-corrected chi connectivity index (χ2v) is 7.47. The van der Waals surface area contributed by atoms with Crippen LogP contribution < -0.4 is 9.46 Å². The molecule has 1 aliphatic rings. The topological polar surface area (TPSA) is 81.7 Å². The second kappa shape index (κ2) is 8.31. The van der Waals surface area contributed by atoms with Gasteiger partial charge >= 0.3 is 0 Å². The van der Waals surface area contributed by atoms with E-state index >= 15 is 0 Å². The number of nitrogens with one attached hydrogen (secondary N) is 1. The van der Waals surface area contributed by atoms with Gasteiger partial charge in [-0.15, -0.1) is 0 Å². The van der Waals surface area contributed by atoms with E-state index in [2.05, 4.69) is 4.72 Å². The molecule has 1 unspecified atom stereocenters. The lowest BCUT2D eigenvalue weighted by atomic mass is 10.1. The summed E-state index contributed by atoms with van der Waals surface area (Å²) in [6.45, 7) is 2.68. The molecule has 1 saturated heterocycles. The molecule has 0 bridgehead atoms. The van der Waals surface area contributed by atoms with Crippen LogP contribution in [0.2, 0.25) is 0 Å². The Hall–Kier alpha value is -1.60. The maximum absolute atomic E-state index is 11.9. The molecule has 128 valence electrons. The third-order valence-electron chi connectivity index (χ3n) is 3.57. The maximum atomic E-state index is 11.9. The van der Waals surface area contributed by atoms with Gasteiger partial charge in [0.25, 0.3) is 0 Å². The molecule has 0 aliphatic carbocycles. The Morgan fingerprint density at radius 3 is 2.70 bits per heavy atom. The van der Waals surface area contributed by atoms with E-state index in [0.29, 0.717) is 18.8 Å². The molecule has 0 spiro atoms. The fraction of sp³-hybridized carbons (Fsp3) is 0.562. The van der Waals surface area contributed by atoms with Gasteiger partial charge in [0.15, 0.2) is 0 Å². The molecule has 1 amide bonds. The number of sulfonamides is 1. The van der Waals surface area contributed by atoms with Gasteiger partial charge in [-0.1, -0.05) is 17.7 Å². The van der Waals surface area contributed by atoms with E-state index in [9.17, 15) is 13.2 Å². The van der Waals surface area contributed by atoms with Crippen molar-refractivity contribution in [3.8, 4) is 5.75 Å². The number of aryl methyl sites for hydroxylation is 1. The molecule has 23 heavy (non-hydrogen) atoms. The van der Waals surface area contributed by atoms with Gasteiger partial charge in [0.2, 0.25) is 15.9 Å². The number of hydrogen-bond acceptors (Lipinski definition) is 5. The molecule has 2 rings (SSSR count). The Labute approximate surface area is 137 Å². The number of rotatable bonds is 7. The lowest BCUT2D eigenvalue weighted by Gasteiger charge is -2.22. The highest BCUT2D eigenvalue weighted by molar-refractivity contribution is 7.90. The van der Waals surface area contributed by atoms with E-state index in [-0.39, 0.29) is 24.9 Å². The summed E-state index contributed by atoms with van der Waals surface area (Å²) in [6.07, 6.45) is 2.29. The average Bonchev–Trinajstić information content (AvgIpc) is 2.49. The standard InChI is InChI=1S/C16H23NO5S/c1-13-5-7-14(8-6-13)22-11-9-16(18)17-23(19,20)12-15-4-2-3-10-21-15/h5-8,15H,2-4,9-12H2,1H3,(H,17,18). The lowest BCUT2D eigenvalue weighted by molar-refractivity contribution is -0.119. The zero-order chi connectivity index (χ0) is 16.7. The summed E-state index contributed by atoms with van der Waals surface area (Å²) < 4.78 is 36.7. The number of ether oxygens (including phenoxy) is 2. The van der Waals surface area contributed by atoms with Gasteiger partial charge in [0.1, 0.15) is 5.75 Å². The molecule has 1 aromatic rings. The van der Waals surface area contributed by atoms with Crippen molar-refractivity contribution in [1.29, 1.82) is 0 Å². The van der Waals surface area contributed by atoms with Crippen molar-refractivity contribution in [3.63, 3.8) is 0 Å². The summed E-state index contributed by atoms with van der Waals surface area (Å²) >= 11 is 0. The van der Waals surface area contributed by atoms with Gasteiger partial charge in [0.05, 0.1) is 24.9 Å². The van der Waals surface area contributed by atoms with Crippen molar-refractivity contribution in [2.75, 3.05) is 19.0 Å². The van der Waals surface area contributed by atoms with Crippen molar-refractivity contribution in [2.45, 2.75) is 38.7 Å². The highest BCUT2D eigenvalue weighted by atomic mass is 32.2. The highest BCUT2D eigenvalue weighted by Crippen LogP contribution is 2.14. The van der Waals surface area contributed by atoms with Crippen LogP contribution in [-0.4, -0.2) is 39.4 Å². The first-order chi connectivity index (χ1) is 10.9. The van der Waals surface area contributed by atoms with Gasteiger partial charge in [0, 0.05) is 6.61 Å². The largest absolute Gasteiger partial charge is 0.493 e. The van der Waals surface area contributed by atoms with E-state index in [0.717, 1.165) is 18.4 Å². The molecule has 1 aromatic carbocycles. The normalized spacial score (nSPS) is 18.4. The van der Waals surface area contributed by atoms with Gasteiger partial charge < -0.3 is 9.47 Å². The van der Waals surface area contributed by atoms with Crippen LogP contribution in [0.5, 0.6) is 5.75 Å². The predicted molar refractivity (Wildman–Crippen MR) is 86.8 cm³/mol. The maximum Gasteiger partial charge on any atom is 0.237 e. The van der Waals surface area contributed by atoms with Gasteiger partial charge in [-0.05, 0) is 38.3 Å². The van der Waals surface area contributed by atoms with Crippen LogP contribution in [0.25, 0.3) is 0 Å². The molecular weight excluding hydrogens is 318 g/mol. The summed E-state index contributed by atoms with van der Waals surface area (Å²) in [6, 6.07) is 7.43. The van der Waals surface area contributed by atoms with E-state index < -0.39 is 15.9 Å². The first-order valence-electron chi connectivity index (χ1n) is 7.79. The quantitative estimate of drug-likeness (QED) is 0.817. The van der Waals surface area contributed by atoms with Crippen LogP contribution in [0.1, 0.15) is 31.2 Å². The summed E-state index contributed by atoms with van der Waals surface area (Å²) in [5.74, 6) is -0.0767. The molecule has 1 atom stereocenters. The molecular formula is C16H23NO5S. The first-order valence-corrected chi connectivity index (χ1v) is 9.44. The Morgan fingerprint density at radius 1 is 1.30 bits per heavy atom. The smallest absolute Gasteiger partial charge is 0.237 e. The summed E-state index contributed by atoms with van der Waals surface area (Å²) in [7, 11) is -3.66. The number of carbonyl (C=O) groups is 1. The number of carbonyl (C=O) groups excluding carboxylic acids is 1. The molecule has 1 heterocycles. The zero-order valence-corrected chi connectivity index (χ0v) is 14.1. The summed E-state index contributed by atoms with van der Waals surface area (Å²) in [5, 5.41) is 0. The fourth-order valence-corrected chi connectivity index (χ4v) is 3.63. The van der Waals surface area contributed by atoms with Crippen LogP contribution in [-0.2, 0) is 19.6 Å². The average molecular weight is 341 g/mol.